The second-order valence-corrected chi connectivity index (χ2v) is 7.73. The maximum atomic E-state index is 12.8. The van der Waals surface area contributed by atoms with Gasteiger partial charge in [0, 0.05) is 36.5 Å². The number of hydrogen-bond acceptors (Lipinski definition) is 5. The number of aryl methyl sites for hydroxylation is 1. The third-order valence-electron chi connectivity index (χ3n) is 4.44. The zero-order chi connectivity index (χ0) is 17.7. The zero-order valence-corrected chi connectivity index (χ0v) is 15.4. The number of urea groups is 1. The van der Waals surface area contributed by atoms with Crippen LogP contribution in [-0.4, -0.2) is 39.5 Å². The van der Waals surface area contributed by atoms with Crippen LogP contribution in [0.3, 0.4) is 0 Å². The first kappa shape index (κ1) is 18.6. The summed E-state index contributed by atoms with van der Waals surface area (Å²) in [5, 5.41) is 11.3. The molecule has 0 radical (unpaired) electrons. The third kappa shape index (κ3) is 4.87. The summed E-state index contributed by atoms with van der Waals surface area (Å²) in [6, 6.07) is -0.208. The molecule has 0 aliphatic heterocycles. The van der Waals surface area contributed by atoms with Crippen molar-refractivity contribution in [2.24, 2.45) is 0 Å². The third-order valence-corrected chi connectivity index (χ3v) is 5.27. The van der Waals surface area contributed by atoms with Crippen LogP contribution in [0, 0.1) is 12.3 Å². The van der Waals surface area contributed by atoms with Crippen molar-refractivity contribution >= 4 is 34.0 Å². The molecule has 1 atom stereocenters. The molecule has 1 heterocycles. The molecule has 7 heteroatoms. The van der Waals surface area contributed by atoms with Crippen molar-refractivity contribution in [2.45, 2.75) is 71.4 Å². The molecule has 0 bridgehead atoms. The average molecular weight is 350 g/mol. The summed E-state index contributed by atoms with van der Waals surface area (Å²) in [5.74, 6) is -0.235. The molecule has 1 aromatic heterocycles. The lowest BCUT2D eigenvalue weighted by atomic mass is 9.92. The van der Waals surface area contributed by atoms with Crippen molar-refractivity contribution in [1.82, 2.24) is 9.88 Å². The monoisotopic (exact) mass is 350 g/mol. The van der Waals surface area contributed by atoms with Crippen LogP contribution < -0.4 is 5.32 Å². The van der Waals surface area contributed by atoms with Gasteiger partial charge < -0.3 is 10.3 Å². The van der Waals surface area contributed by atoms with Crippen LogP contribution >= 0.6 is 11.3 Å². The molecule has 0 spiro atoms. The van der Waals surface area contributed by atoms with Gasteiger partial charge in [-0.1, -0.05) is 19.3 Å². The predicted molar refractivity (Wildman–Crippen MR) is 97.1 cm³/mol. The van der Waals surface area contributed by atoms with Crippen molar-refractivity contribution in [3.63, 3.8) is 0 Å². The number of amides is 2. The molecular weight excluding hydrogens is 324 g/mol. The van der Waals surface area contributed by atoms with Gasteiger partial charge in [0.15, 0.2) is 10.9 Å². The Morgan fingerprint density at radius 1 is 1.42 bits per heavy atom. The highest BCUT2D eigenvalue weighted by atomic mass is 32.1. The zero-order valence-electron chi connectivity index (χ0n) is 14.6. The normalized spacial score (nSPS) is 16.5. The van der Waals surface area contributed by atoms with Crippen molar-refractivity contribution in [3.8, 4) is 0 Å². The van der Waals surface area contributed by atoms with Crippen LogP contribution in [0.25, 0.3) is 0 Å². The van der Waals surface area contributed by atoms with E-state index in [-0.39, 0.29) is 36.0 Å². The number of hydrogen-bond donors (Lipinski definition) is 2. The van der Waals surface area contributed by atoms with E-state index in [9.17, 15) is 9.59 Å². The van der Waals surface area contributed by atoms with Crippen LogP contribution in [0.2, 0.25) is 0 Å². The maximum absolute atomic E-state index is 12.8. The summed E-state index contributed by atoms with van der Waals surface area (Å²) in [4.78, 5) is 31.3. The lowest BCUT2D eigenvalue weighted by molar-refractivity contribution is -0.111. The minimum absolute atomic E-state index is 0.0706. The Labute approximate surface area is 147 Å². The molecular formula is C17H26N4O2S. The number of ketones is 1. The molecule has 1 aromatic rings. The van der Waals surface area contributed by atoms with Gasteiger partial charge in [0.2, 0.25) is 0 Å². The van der Waals surface area contributed by atoms with Crippen molar-refractivity contribution in [1.29, 1.82) is 5.41 Å². The molecule has 24 heavy (non-hydrogen) atoms. The van der Waals surface area contributed by atoms with Crippen LogP contribution in [0.1, 0.15) is 57.2 Å². The highest BCUT2D eigenvalue weighted by Gasteiger charge is 2.30. The Kier molecular flexibility index (Phi) is 6.48. The smallest absolute Gasteiger partial charge is 0.318 e. The number of rotatable bonds is 6. The number of thiazole rings is 1. The molecule has 1 aliphatic carbocycles. The molecule has 1 saturated carbocycles. The first-order valence-electron chi connectivity index (χ1n) is 8.48. The van der Waals surface area contributed by atoms with Gasteiger partial charge in [-0.05, 0) is 26.7 Å². The molecule has 1 fully saturated rings. The van der Waals surface area contributed by atoms with Gasteiger partial charge in [0.05, 0.1) is 5.71 Å². The average Bonchev–Trinajstić information content (AvgIpc) is 2.93. The largest absolute Gasteiger partial charge is 0.324 e. The topological polar surface area (TPSA) is 86.2 Å². The molecule has 1 aliphatic rings. The van der Waals surface area contributed by atoms with E-state index >= 15 is 0 Å². The van der Waals surface area contributed by atoms with Gasteiger partial charge in [0.25, 0.3) is 0 Å². The van der Waals surface area contributed by atoms with E-state index in [4.69, 9.17) is 5.41 Å². The molecule has 2 amide bonds. The molecule has 2 N–H and O–H groups in total. The van der Waals surface area contributed by atoms with Crippen molar-refractivity contribution in [3.05, 3.63) is 11.1 Å². The fraction of sp³-hybridized carbons (Fsp3) is 0.647. The number of nitrogens with zero attached hydrogens (tertiary/aromatic N) is 2. The number of carbonyl (C=O) groups excluding carboxylic acids is 2. The predicted octanol–water partition coefficient (Wildman–Crippen LogP) is 4.01. The Morgan fingerprint density at radius 2 is 2.08 bits per heavy atom. The van der Waals surface area contributed by atoms with Crippen LogP contribution in [-0.2, 0) is 4.79 Å². The standard InChI is InChI=1S/C17H26N4O2S/c1-11(9-15(18)13(3)22)21(14-7-5-4-6-8-14)17(23)20-16-19-10-12(2)24-16/h10-11,14,18H,4-9H2,1-3H3,(H,19,20,23). The summed E-state index contributed by atoms with van der Waals surface area (Å²) in [6.07, 6.45) is 7.40. The quantitative estimate of drug-likeness (QED) is 0.760. The SMILES string of the molecule is CC(=O)C(=N)CC(C)N(C(=O)Nc1ncc(C)s1)C1CCCCC1. The van der Waals surface area contributed by atoms with E-state index in [1.807, 2.05) is 18.7 Å². The van der Waals surface area contributed by atoms with Gasteiger partial charge in [-0.15, -0.1) is 11.3 Å². The first-order valence-corrected chi connectivity index (χ1v) is 9.30. The van der Waals surface area contributed by atoms with Gasteiger partial charge in [-0.2, -0.15) is 0 Å². The van der Waals surface area contributed by atoms with E-state index in [1.54, 1.807) is 6.20 Å². The molecule has 0 aromatic carbocycles. The van der Waals surface area contributed by atoms with E-state index < -0.39 is 0 Å². The molecule has 2 rings (SSSR count). The van der Waals surface area contributed by atoms with Crippen LogP contribution in [0.15, 0.2) is 6.20 Å². The summed E-state index contributed by atoms with van der Waals surface area (Å²) < 4.78 is 0. The van der Waals surface area contributed by atoms with E-state index in [0.717, 1.165) is 30.6 Å². The Balaban J connectivity index is 2.12. The minimum atomic E-state index is -0.235. The van der Waals surface area contributed by atoms with Gasteiger partial charge in [-0.25, -0.2) is 9.78 Å². The highest BCUT2D eigenvalue weighted by Crippen LogP contribution is 2.26. The number of carbonyl (C=O) groups is 2. The first-order chi connectivity index (χ1) is 11.4. The summed E-state index contributed by atoms with van der Waals surface area (Å²) in [5.41, 5.74) is 0.0706. The molecule has 6 nitrogen and oxygen atoms in total. The Bertz CT molecular complexity index is 607. The van der Waals surface area contributed by atoms with E-state index in [1.165, 1.54) is 24.7 Å². The Morgan fingerprint density at radius 3 is 2.62 bits per heavy atom. The van der Waals surface area contributed by atoms with Crippen LogP contribution in [0.4, 0.5) is 9.93 Å². The lowest BCUT2D eigenvalue weighted by Gasteiger charge is -2.38. The fourth-order valence-corrected chi connectivity index (χ4v) is 3.85. The summed E-state index contributed by atoms with van der Waals surface area (Å²) in [7, 11) is 0. The molecule has 132 valence electrons. The number of Topliss-reactive ketones (excluding diaryl/α,β-unsaturated/α-hetero) is 1. The summed E-state index contributed by atoms with van der Waals surface area (Å²) >= 11 is 1.44. The number of aromatic nitrogens is 1. The second kappa shape index (κ2) is 8.37. The van der Waals surface area contributed by atoms with Gasteiger partial charge in [0.1, 0.15) is 0 Å². The maximum Gasteiger partial charge on any atom is 0.324 e. The lowest BCUT2D eigenvalue weighted by Crippen LogP contribution is -2.49. The number of anilines is 1. The summed E-state index contributed by atoms with van der Waals surface area (Å²) in [6.45, 7) is 5.26. The molecule has 1 unspecified atom stereocenters. The molecule has 0 saturated heterocycles. The highest BCUT2D eigenvalue weighted by molar-refractivity contribution is 7.15. The second-order valence-electron chi connectivity index (χ2n) is 6.49. The fourth-order valence-electron chi connectivity index (χ4n) is 3.19. The van der Waals surface area contributed by atoms with E-state index in [2.05, 4.69) is 10.3 Å². The van der Waals surface area contributed by atoms with E-state index in [0.29, 0.717) is 5.13 Å². The Hall–Kier alpha value is -1.76. The minimum Gasteiger partial charge on any atom is -0.318 e. The van der Waals surface area contributed by atoms with Crippen molar-refractivity contribution < 1.29 is 9.59 Å². The van der Waals surface area contributed by atoms with Crippen molar-refractivity contribution in [2.75, 3.05) is 5.32 Å². The van der Waals surface area contributed by atoms with Crippen LogP contribution in [0.5, 0.6) is 0 Å². The number of nitrogens with one attached hydrogen (secondary N) is 2. The van der Waals surface area contributed by atoms with Gasteiger partial charge >= 0.3 is 6.03 Å². The van der Waals surface area contributed by atoms with Gasteiger partial charge in [-0.3, -0.25) is 10.1 Å².